The lowest BCUT2D eigenvalue weighted by Crippen LogP contribution is -2.62. The van der Waals surface area contributed by atoms with Crippen LogP contribution < -0.4 is 10.6 Å². The predicted molar refractivity (Wildman–Crippen MR) is 305 cm³/mol. The maximum absolute atomic E-state index is 15.1. The standard InChI is InChI=1S/C60H94N8O11/c1-38(2)50-57(74)65(13)47(36-44-30-22-20-23-31-44)56(73)66(14)51(39(3)4)58(75)67(15)52(40(5)6)59(76)68-35-27-34-46(68)54(71)64(12)48(37-49(69)61-10)55(72)63(11)43(9)60(77)79-42(8)29-21-18-17-19-24-32-45(78-16)33-26-25-28-41(7)53(70)62-50/h17,19-20,22-23,25-26,28,30-31,38-40,42-43,45-48,50-52H,18,21,24,27,29,32-37H2,1-16H3,(H,61,69)(H,62,70)/b19-17+,26-25+,41-28+/t42-,43+,45-,46+,47+,48+,50-,51+,52+/m1/s1. The number of amides is 8. The topological polar surface area (TPSA) is 216 Å². The number of carbonyl (C=O) groups is 9. The van der Waals surface area contributed by atoms with Crippen LogP contribution in [0.15, 0.2) is 66.3 Å². The van der Waals surface area contributed by atoms with E-state index in [4.69, 9.17) is 9.47 Å². The van der Waals surface area contributed by atoms with Crippen molar-refractivity contribution in [3.63, 3.8) is 0 Å². The van der Waals surface area contributed by atoms with Crippen LogP contribution in [0.25, 0.3) is 0 Å². The molecule has 1 aromatic rings. The molecule has 0 aliphatic carbocycles. The molecular weight excluding hydrogens is 1010 g/mol. The molecule has 440 valence electrons. The maximum Gasteiger partial charge on any atom is 0.328 e. The number of cyclic esters (lactones) is 1. The van der Waals surface area contributed by atoms with Gasteiger partial charge in [0.2, 0.25) is 47.3 Å². The number of nitrogens with one attached hydrogen (secondary N) is 2. The summed E-state index contributed by atoms with van der Waals surface area (Å²) < 4.78 is 11.5. The second kappa shape index (κ2) is 32.0. The third-order valence-corrected chi connectivity index (χ3v) is 15.4. The minimum Gasteiger partial charge on any atom is -0.461 e. The van der Waals surface area contributed by atoms with Crippen LogP contribution in [-0.2, 0) is 59.0 Å². The van der Waals surface area contributed by atoms with Crippen LogP contribution >= 0.6 is 0 Å². The Morgan fingerprint density at radius 1 is 0.684 bits per heavy atom. The number of rotatable bonds is 8. The number of allylic oxidation sites excluding steroid dienone is 4. The van der Waals surface area contributed by atoms with Crippen molar-refractivity contribution in [2.24, 2.45) is 17.8 Å². The first kappa shape index (κ1) is 66.9. The van der Waals surface area contributed by atoms with Crippen LogP contribution in [0.2, 0.25) is 0 Å². The second-order valence-electron chi connectivity index (χ2n) is 22.4. The summed E-state index contributed by atoms with van der Waals surface area (Å²) in [7, 11) is 10.4. The summed E-state index contributed by atoms with van der Waals surface area (Å²) in [6, 6.07) is 1.35. The van der Waals surface area contributed by atoms with E-state index in [-0.39, 0.29) is 31.4 Å². The van der Waals surface area contributed by atoms with E-state index in [0.29, 0.717) is 24.8 Å². The van der Waals surface area contributed by atoms with Crippen molar-refractivity contribution >= 4 is 53.2 Å². The highest BCUT2D eigenvalue weighted by molar-refractivity contribution is 6.00. The minimum absolute atomic E-state index is 0.0751. The molecule has 2 aliphatic rings. The van der Waals surface area contributed by atoms with Crippen molar-refractivity contribution in [2.45, 2.75) is 181 Å². The van der Waals surface area contributed by atoms with Gasteiger partial charge in [-0.3, -0.25) is 38.4 Å². The molecule has 3 rings (SSSR count). The highest BCUT2D eigenvalue weighted by Gasteiger charge is 2.46. The van der Waals surface area contributed by atoms with Gasteiger partial charge in [0.05, 0.1) is 18.6 Å². The number of carbonyl (C=O) groups excluding carboxylic acids is 9. The first-order valence-corrected chi connectivity index (χ1v) is 28.1. The third-order valence-electron chi connectivity index (χ3n) is 15.4. The largest absolute Gasteiger partial charge is 0.461 e. The van der Waals surface area contributed by atoms with Crippen LogP contribution in [0.1, 0.15) is 126 Å². The van der Waals surface area contributed by atoms with E-state index < -0.39 is 120 Å². The highest BCUT2D eigenvalue weighted by atomic mass is 16.5. The predicted octanol–water partition coefficient (Wildman–Crippen LogP) is 5.32. The Bertz CT molecular complexity index is 2340. The fraction of sp³-hybridized carbons (Fsp3) is 0.650. The van der Waals surface area contributed by atoms with Gasteiger partial charge in [0.1, 0.15) is 42.3 Å². The number of methoxy groups -OCH3 is 1. The Morgan fingerprint density at radius 3 is 1.86 bits per heavy atom. The molecular formula is C60H94N8O11. The summed E-state index contributed by atoms with van der Waals surface area (Å²) in [6.45, 7) is 15.9. The fourth-order valence-electron chi connectivity index (χ4n) is 10.2. The Labute approximate surface area is 470 Å². The van der Waals surface area contributed by atoms with Gasteiger partial charge in [-0.05, 0) is 95.5 Å². The summed E-state index contributed by atoms with van der Waals surface area (Å²) in [6.07, 6.45) is 13.6. The van der Waals surface area contributed by atoms with Crippen molar-refractivity contribution in [3.05, 3.63) is 71.8 Å². The van der Waals surface area contributed by atoms with Crippen LogP contribution in [0.4, 0.5) is 0 Å². The lowest BCUT2D eigenvalue weighted by atomic mass is 9.95. The summed E-state index contributed by atoms with van der Waals surface area (Å²) in [5, 5.41) is 5.44. The average molecular weight is 1100 g/mol. The van der Waals surface area contributed by atoms with Gasteiger partial charge in [0, 0.05) is 67.9 Å². The zero-order chi connectivity index (χ0) is 59.4. The molecule has 0 spiro atoms. The van der Waals surface area contributed by atoms with Gasteiger partial charge in [-0.15, -0.1) is 0 Å². The van der Waals surface area contributed by atoms with E-state index in [1.165, 1.54) is 78.6 Å². The second-order valence-corrected chi connectivity index (χ2v) is 22.4. The average Bonchev–Trinajstić information content (AvgIpc) is 3.99. The van der Waals surface area contributed by atoms with Crippen molar-refractivity contribution < 1.29 is 52.6 Å². The van der Waals surface area contributed by atoms with Gasteiger partial charge >= 0.3 is 5.97 Å². The van der Waals surface area contributed by atoms with Crippen molar-refractivity contribution in [1.29, 1.82) is 0 Å². The number of hydrogen-bond acceptors (Lipinski definition) is 11. The number of hydrogen-bond donors (Lipinski definition) is 2. The quantitative estimate of drug-likeness (QED) is 0.251. The molecule has 0 radical (unpaired) electrons. The lowest BCUT2D eigenvalue weighted by Gasteiger charge is -2.41. The molecule has 0 unspecified atom stereocenters. The van der Waals surface area contributed by atoms with Gasteiger partial charge in [-0.2, -0.15) is 0 Å². The van der Waals surface area contributed by atoms with Crippen LogP contribution in [-0.4, -0.2) is 193 Å². The summed E-state index contributed by atoms with van der Waals surface area (Å²) >= 11 is 0. The van der Waals surface area contributed by atoms with E-state index in [9.17, 15) is 33.6 Å². The smallest absolute Gasteiger partial charge is 0.328 e. The van der Waals surface area contributed by atoms with E-state index in [1.807, 2.05) is 50.3 Å². The molecule has 2 heterocycles. The third kappa shape index (κ3) is 18.6. The Morgan fingerprint density at radius 2 is 1.27 bits per heavy atom. The van der Waals surface area contributed by atoms with Crippen molar-refractivity contribution in [3.8, 4) is 0 Å². The number of fused-ring (bicyclic) bond motifs is 1. The molecule has 1 saturated heterocycles. The zero-order valence-electron chi connectivity index (χ0n) is 50.2. The monoisotopic (exact) mass is 1100 g/mol. The minimum atomic E-state index is -1.35. The zero-order valence-corrected chi connectivity index (χ0v) is 50.2. The number of nitrogens with zero attached hydrogens (tertiary/aromatic N) is 6. The highest BCUT2D eigenvalue weighted by Crippen LogP contribution is 2.27. The first-order chi connectivity index (χ1) is 37.2. The van der Waals surface area contributed by atoms with Gasteiger partial charge in [0.25, 0.3) is 0 Å². The van der Waals surface area contributed by atoms with Crippen LogP contribution in [0.3, 0.4) is 0 Å². The summed E-state index contributed by atoms with van der Waals surface area (Å²) in [4.78, 5) is 137. The van der Waals surface area contributed by atoms with Gasteiger partial charge in [0.15, 0.2) is 0 Å². The lowest BCUT2D eigenvalue weighted by molar-refractivity contribution is -0.160. The van der Waals surface area contributed by atoms with Crippen molar-refractivity contribution in [2.75, 3.05) is 55.9 Å². The van der Waals surface area contributed by atoms with Crippen LogP contribution in [0.5, 0.6) is 0 Å². The van der Waals surface area contributed by atoms with Crippen LogP contribution in [0, 0.1) is 17.8 Å². The van der Waals surface area contributed by atoms with Gasteiger partial charge < -0.3 is 49.5 Å². The first-order valence-electron chi connectivity index (χ1n) is 28.1. The molecule has 79 heavy (non-hydrogen) atoms. The molecule has 8 amide bonds. The molecule has 0 aromatic heterocycles. The normalized spacial score (nSPS) is 28.1. The Hall–Kier alpha value is -6.37. The molecule has 2 aliphatic heterocycles. The molecule has 1 aromatic carbocycles. The molecule has 1 fully saturated rings. The summed E-state index contributed by atoms with van der Waals surface area (Å²) in [5.41, 5.74) is 1.13. The molecule has 19 heteroatoms. The maximum atomic E-state index is 15.1. The van der Waals surface area contributed by atoms with Crippen molar-refractivity contribution in [1.82, 2.24) is 40.0 Å². The molecule has 9 atom stereocenters. The number of esters is 1. The SMILES string of the molecule is CNC(=O)C[C@H]1C(=O)N(C)[C@@H](C)C(=O)O[C@H](C)CCC/C=C/CC[C@@H](OC)C/C=C/C=C(\C)C(=O)N[C@H](C(C)C)C(=O)N(C)[C@@H](Cc2ccccc2)C(=O)N(C)[C@@H](C(C)C)C(=O)N(C)[C@@H](C(C)C)C(=O)N2CCC[C@H]2C(=O)N1C. The van der Waals surface area contributed by atoms with Gasteiger partial charge in [-0.25, -0.2) is 4.79 Å². The number of benzene rings is 1. The molecule has 2 N–H and O–H groups in total. The molecule has 0 saturated carbocycles. The fourth-order valence-corrected chi connectivity index (χ4v) is 10.2. The van der Waals surface area contributed by atoms with E-state index in [2.05, 4.69) is 22.8 Å². The van der Waals surface area contributed by atoms with E-state index >= 15 is 9.59 Å². The summed E-state index contributed by atoms with van der Waals surface area (Å²) in [5.74, 6) is -6.31. The van der Waals surface area contributed by atoms with Gasteiger partial charge in [-0.1, -0.05) is 102 Å². The number of ether oxygens (including phenoxy) is 2. The number of likely N-dealkylation sites (N-methyl/N-ethyl adjacent to an activating group) is 5. The molecule has 0 bridgehead atoms. The Balaban J connectivity index is 2.12. The molecule has 19 nitrogen and oxygen atoms in total. The van der Waals surface area contributed by atoms with E-state index in [0.717, 1.165) is 31.2 Å². The Kier molecular flexibility index (Phi) is 27.1. The van der Waals surface area contributed by atoms with E-state index in [1.54, 1.807) is 60.8 Å².